The molecule has 0 bridgehead atoms. The van der Waals surface area contributed by atoms with Gasteiger partial charge in [-0.25, -0.2) is 9.97 Å². The van der Waals surface area contributed by atoms with Gasteiger partial charge in [-0.15, -0.1) is 11.3 Å². The van der Waals surface area contributed by atoms with E-state index in [0.29, 0.717) is 5.82 Å². The quantitative estimate of drug-likeness (QED) is 0.170. The van der Waals surface area contributed by atoms with Crippen molar-refractivity contribution in [3.63, 3.8) is 0 Å². The largest absolute Gasteiger partial charge is 0.228 e. The van der Waals surface area contributed by atoms with Gasteiger partial charge in [0.2, 0.25) is 0 Å². The Hall–Kier alpha value is -6.94. The van der Waals surface area contributed by atoms with Crippen LogP contribution in [0.15, 0.2) is 206 Å². The van der Waals surface area contributed by atoms with Crippen molar-refractivity contribution in [1.82, 2.24) is 9.97 Å². The molecule has 1 aliphatic carbocycles. The van der Waals surface area contributed by atoms with E-state index in [1.54, 1.807) is 0 Å². The maximum absolute atomic E-state index is 5.34. The highest BCUT2D eigenvalue weighted by Gasteiger charge is 2.46. The van der Waals surface area contributed by atoms with Crippen LogP contribution in [0.25, 0.3) is 76.3 Å². The van der Waals surface area contributed by atoms with Crippen molar-refractivity contribution >= 4 is 31.5 Å². The molecule has 262 valence electrons. The summed E-state index contributed by atoms with van der Waals surface area (Å²) in [4.78, 5) is 10.6. The molecule has 1 aliphatic rings. The van der Waals surface area contributed by atoms with E-state index in [9.17, 15) is 0 Å². The van der Waals surface area contributed by atoms with Crippen molar-refractivity contribution in [2.45, 2.75) is 5.41 Å². The number of aromatic nitrogens is 2. The lowest BCUT2D eigenvalue weighted by atomic mass is 9.67. The number of benzene rings is 8. The van der Waals surface area contributed by atoms with Gasteiger partial charge in [0.05, 0.1) is 16.8 Å². The number of hydrogen-bond acceptors (Lipinski definition) is 3. The summed E-state index contributed by atoms with van der Waals surface area (Å²) < 4.78 is 2.55. The summed E-state index contributed by atoms with van der Waals surface area (Å²) in [5.41, 5.74) is 14.4. The van der Waals surface area contributed by atoms with Crippen LogP contribution in [0.2, 0.25) is 0 Å². The first kappa shape index (κ1) is 32.5. The van der Waals surface area contributed by atoms with Crippen molar-refractivity contribution < 1.29 is 0 Å². The molecule has 0 saturated heterocycles. The molecule has 8 aromatic carbocycles. The molecule has 0 atom stereocenters. The third-order valence-electron chi connectivity index (χ3n) is 11.4. The van der Waals surface area contributed by atoms with Crippen molar-refractivity contribution in [1.29, 1.82) is 0 Å². The van der Waals surface area contributed by atoms with Gasteiger partial charge in [0.15, 0.2) is 5.82 Å². The van der Waals surface area contributed by atoms with Crippen LogP contribution < -0.4 is 0 Å². The molecule has 10 aromatic rings. The van der Waals surface area contributed by atoms with Gasteiger partial charge in [-0.05, 0) is 62.7 Å². The normalized spacial score (nSPS) is 12.8. The number of thiophene rings is 1. The highest BCUT2D eigenvalue weighted by molar-refractivity contribution is 7.25. The first-order chi connectivity index (χ1) is 27.8. The zero-order valence-electron chi connectivity index (χ0n) is 30.4. The first-order valence-corrected chi connectivity index (χ1v) is 19.9. The minimum absolute atomic E-state index is 0.479. The molecule has 11 rings (SSSR count). The molecular weight excluding hydrogens is 697 g/mol. The summed E-state index contributed by atoms with van der Waals surface area (Å²) in [6, 6.07) is 74.5. The predicted octanol–water partition coefficient (Wildman–Crippen LogP) is 13.9. The van der Waals surface area contributed by atoms with Gasteiger partial charge < -0.3 is 0 Å². The van der Waals surface area contributed by atoms with Gasteiger partial charge in [-0.1, -0.05) is 188 Å². The van der Waals surface area contributed by atoms with Crippen LogP contribution in [0, 0.1) is 0 Å². The standard InChI is InChI=1S/C53H34N2S/c1-4-17-35(18-5-1)52-54-47(36-31-32-42-41-25-13-15-30-49(41)56-50(42)33-36)34-48(55-52)40-24-11-10-23-39(40)43-27-16-29-46-51(43)44-26-12-14-28-45(44)53(46,37-19-6-2-7-20-37)38-21-8-3-9-22-38/h1-34H. The van der Waals surface area contributed by atoms with Crippen LogP contribution in [-0.2, 0) is 5.41 Å². The molecule has 0 fully saturated rings. The molecule has 2 nitrogen and oxygen atoms in total. The van der Waals surface area contributed by atoms with Gasteiger partial charge in [-0.2, -0.15) is 0 Å². The number of hydrogen-bond donors (Lipinski definition) is 0. The van der Waals surface area contributed by atoms with Gasteiger partial charge in [0.25, 0.3) is 0 Å². The number of nitrogens with zero attached hydrogens (tertiary/aromatic N) is 2. The minimum Gasteiger partial charge on any atom is -0.228 e. The van der Waals surface area contributed by atoms with Crippen molar-refractivity contribution in [2.24, 2.45) is 0 Å². The maximum Gasteiger partial charge on any atom is 0.160 e. The van der Waals surface area contributed by atoms with E-state index < -0.39 is 5.41 Å². The topological polar surface area (TPSA) is 25.8 Å². The van der Waals surface area contributed by atoms with Crippen molar-refractivity contribution in [3.8, 4) is 56.2 Å². The van der Waals surface area contributed by atoms with E-state index in [0.717, 1.165) is 33.6 Å². The summed E-state index contributed by atoms with van der Waals surface area (Å²) in [5.74, 6) is 0.708. The Kier molecular flexibility index (Phi) is 7.61. The summed E-state index contributed by atoms with van der Waals surface area (Å²) in [6.45, 7) is 0. The van der Waals surface area contributed by atoms with Gasteiger partial charge in [0.1, 0.15) is 0 Å². The monoisotopic (exact) mass is 730 g/mol. The lowest BCUT2D eigenvalue weighted by Crippen LogP contribution is -2.28. The highest BCUT2D eigenvalue weighted by atomic mass is 32.1. The zero-order valence-corrected chi connectivity index (χ0v) is 31.2. The van der Waals surface area contributed by atoms with Crippen LogP contribution in [0.4, 0.5) is 0 Å². The van der Waals surface area contributed by atoms with E-state index in [4.69, 9.17) is 9.97 Å². The van der Waals surface area contributed by atoms with Crippen LogP contribution in [0.3, 0.4) is 0 Å². The summed E-state index contributed by atoms with van der Waals surface area (Å²) >= 11 is 1.83. The smallest absolute Gasteiger partial charge is 0.160 e. The van der Waals surface area contributed by atoms with Crippen molar-refractivity contribution in [3.05, 3.63) is 229 Å². The lowest BCUT2D eigenvalue weighted by molar-refractivity contribution is 0.768. The fourth-order valence-electron chi connectivity index (χ4n) is 8.99. The Labute approximate surface area is 330 Å². The van der Waals surface area contributed by atoms with Crippen LogP contribution in [0.1, 0.15) is 22.3 Å². The Balaban J connectivity index is 1.15. The fourth-order valence-corrected chi connectivity index (χ4v) is 10.1. The third kappa shape index (κ3) is 5.02. The van der Waals surface area contributed by atoms with Gasteiger partial charge >= 0.3 is 0 Å². The summed E-state index contributed by atoms with van der Waals surface area (Å²) in [6.07, 6.45) is 0. The second kappa shape index (κ2) is 13.1. The fraction of sp³-hybridized carbons (Fsp3) is 0.0189. The predicted molar refractivity (Wildman–Crippen MR) is 234 cm³/mol. The number of fused-ring (bicyclic) bond motifs is 6. The third-order valence-corrected chi connectivity index (χ3v) is 12.5. The average Bonchev–Trinajstić information content (AvgIpc) is 3.81. The average molecular weight is 731 g/mol. The molecule has 56 heavy (non-hydrogen) atoms. The van der Waals surface area contributed by atoms with Crippen LogP contribution in [-0.4, -0.2) is 9.97 Å². The molecule has 0 radical (unpaired) electrons. The molecule has 0 spiro atoms. The molecule has 2 aromatic heterocycles. The molecule has 0 unspecified atom stereocenters. The highest BCUT2D eigenvalue weighted by Crippen LogP contribution is 2.58. The Morgan fingerprint density at radius 3 is 1.70 bits per heavy atom. The second-order valence-electron chi connectivity index (χ2n) is 14.4. The Morgan fingerprint density at radius 1 is 0.357 bits per heavy atom. The Bertz CT molecular complexity index is 3040. The Morgan fingerprint density at radius 2 is 0.929 bits per heavy atom. The summed E-state index contributed by atoms with van der Waals surface area (Å²) in [5, 5.41) is 2.57. The SMILES string of the molecule is c1ccc(-c2nc(-c3ccc4c(c3)sc3ccccc34)cc(-c3ccccc3-c3cccc4c3-c3ccccc3C4(c3ccccc3)c3ccccc3)n2)cc1. The lowest BCUT2D eigenvalue weighted by Gasteiger charge is -2.34. The minimum atomic E-state index is -0.479. The van der Waals surface area contributed by atoms with Gasteiger partial charge in [-0.3, -0.25) is 0 Å². The molecular formula is C53H34N2S. The first-order valence-electron chi connectivity index (χ1n) is 19.1. The molecule has 0 aliphatic heterocycles. The van der Waals surface area contributed by atoms with E-state index >= 15 is 0 Å². The zero-order chi connectivity index (χ0) is 37.1. The molecule has 0 amide bonds. The molecule has 2 heterocycles. The van der Waals surface area contributed by atoms with Crippen molar-refractivity contribution in [2.75, 3.05) is 0 Å². The van der Waals surface area contributed by atoms with E-state index in [2.05, 4.69) is 200 Å². The van der Waals surface area contributed by atoms with E-state index in [-0.39, 0.29) is 0 Å². The molecule has 0 saturated carbocycles. The number of rotatable bonds is 6. The summed E-state index contributed by atoms with van der Waals surface area (Å²) in [7, 11) is 0. The maximum atomic E-state index is 5.34. The van der Waals surface area contributed by atoms with Gasteiger partial charge in [0, 0.05) is 36.9 Å². The van der Waals surface area contributed by atoms with E-state index in [1.165, 1.54) is 59.1 Å². The second-order valence-corrected chi connectivity index (χ2v) is 15.5. The van der Waals surface area contributed by atoms with Crippen LogP contribution >= 0.6 is 11.3 Å². The van der Waals surface area contributed by atoms with E-state index in [1.807, 2.05) is 17.4 Å². The molecule has 3 heteroatoms. The molecule has 0 N–H and O–H groups in total. The van der Waals surface area contributed by atoms with Crippen LogP contribution in [0.5, 0.6) is 0 Å².